The van der Waals surface area contributed by atoms with E-state index in [0.717, 1.165) is 21.2 Å². The molecule has 1 amide bonds. The molecular weight excluding hydrogens is 416 g/mol. The Kier molecular flexibility index (Phi) is 7.15. The van der Waals surface area contributed by atoms with E-state index in [2.05, 4.69) is 26.5 Å². The molecule has 0 atom stereocenters. The fraction of sp³-hybridized carbons (Fsp3) is 0.0435. The van der Waals surface area contributed by atoms with E-state index in [1.54, 1.807) is 0 Å². The predicted molar refractivity (Wildman–Crippen MR) is 117 cm³/mol. The molecule has 5 heteroatoms. The molecule has 0 aliphatic carbocycles. The zero-order valence-corrected chi connectivity index (χ0v) is 16.7. The molecule has 0 aliphatic rings. The van der Waals surface area contributed by atoms with Crippen LogP contribution in [0.25, 0.3) is 17.2 Å². The predicted octanol–water partition coefficient (Wildman–Crippen LogP) is 5.27. The van der Waals surface area contributed by atoms with Crippen molar-refractivity contribution in [1.82, 2.24) is 5.43 Å². The summed E-state index contributed by atoms with van der Waals surface area (Å²) in [6, 6.07) is 27.5. The average molecular weight is 435 g/mol. The lowest BCUT2D eigenvalue weighted by molar-refractivity contribution is -0.123. The Bertz CT molecular complexity index is 953. The first-order valence-corrected chi connectivity index (χ1v) is 9.52. The second kappa shape index (κ2) is 10.2. The molecule has 0 fully saturated rings. The topological polar surface area (TPSA) is 50.7 Å². The molecule has 0 spiro atoms. The van der Waals surface area contributed by atoms with Gasteiger partial charge in [0, 0.05) is 4.48 Å². The number of hydrogen-bond donors (Lipinski definition) is 1. The summed E-state index contributed by atoms with van der Waals surface area (Å²) in [4.78, 5) is 11.9. The van der Waals surface area contributed by atoms with Crippen LogP contribution in [0.4, 0.5) is 0 Å². The number of hydrazone groups is 1. The summed E-state index contributed by atoms with van der Waals surface area (Å²) in [6.07, 6.45) is 3.43. The van der Waals surface area contributed by atoms with Crippen LogP contribution in [-0.4, -0.2) is 18.7 Å². The molecular formula is C23H19BrN2O2. The molecule has 28 heavy (non-hydrogen) atoms. The average Bonchev–Trinajstić information content (AvgIpc) is 2.74. The minimum atomic E-state index is -0.330. The van der Waals surface area contributed by atoms with E-state index in [-0.39, 0.29) is 12.5 Å². The van der Waals surface area contributed by atoms with Gasteiger partial charge in [-0.2, -0.15) is 5.10 Å². The SMILES string of the molecule is O=C(COc1ccc(-c2ccccc2)cc1)N/N=C\C(Br)=C\c1ccccc1. The van der Waals surface area contributed by atoms with Crippen molar-refractivity contribution in [2.24, 2.45) is 5.10 Å². The summed E-state index contributed by atoms with van der Waals surface area (Å²) in [5.41, 5.74) is 5.71. The van der Waals surface area contributed by atoms with Crippen LogP contribution in [0.3, 0.4) is 0 Å². The highest BCUT2D eigenvalue weighted by molar-refractivity contribution is 9.12. The summed E-state index contributed by atoms with van der Waals surface area (Å²) in [6.45, 7) is -0.109. The molecule has 1 N–H and O–H groups in total. The molecule has 0 aliphatic heterocycles. The van der Waals surface area contributed by atoms with E-state index in [0.29, 0.717) is 5.75 Å². The number of benzene rings is 3. The van der Waals surface area contributed by atoms with Crippen LogP contribution in [0.5, 0.6) is 5.75 Å². The maximum Gasteiger partial charge on any atom is 0.277 e. The molecule has 0 bridgehead atoms. The minimum Gasteiger partial charge on any atom is -0.484 e. The summed E-state index contributed by atoms with van der Waals surface area (Å²) < 4.78 is 6.25. The van der Waals surface area contributed by atoms with Crippen molar-refractivity contribution in [3.8, 4) is 16.9 Å². The van der Waals surface area contributed by atoms with Gasteiger partial charge in [-0.25, -0.2) is 5.43 Å². The van der Waals surface area contributed by atoms with Crippen LogP contribution < -0.4 is 10.2 Å². The maximum atomic E-state index is 11.9. The number of hydrogen-bond acceptors (Lipinski definition) is 3. The van der Waals surface area contributed by atoms with Gasteiger partial charge in [0.2, 0.25) is 0 Å². The molecule has 0 aromatic heterocycles. The van der Waals surface area contributed by atoms with Crippen LogP contribution in [0.2, 0.25) is 0 Å². The van der Waals surface area contributed by atoms with Gasteiger partial charge in [0.25, 0.3) is 5.91 Å². The van der Waals surface area contributed by atoms with Gasteiger partial charge in [0.05, 0.1) is 6.21 Å². The number of nitrogens with zero attached hydrogens (tertiary/aromatic N) is 1. The molecule has 0 heterocycles. The number of nitrogens with one attached hydrogen (secondary N) is 1. The Hall–Kier alpha value is -3.18. The zero-order valence-electron chi connectivity index (χ0n) is 15.1. The van der Waals surface area contributed by atoms with Crippen molar-refractivity contribution >= 4 is 34.1 Å². The van der Waals surface area contributed by atoms with Gasteiger partial charge in [0.1, 0.15) is 5.75 Å². The Labute approximate surface area is 172 Å². The molecule has 0 unspecified atom stereocenters. The Morgan fingerprint density at radius 2 is 1.50 bits per heavy atom. The summed E-state index contributed by atoms with van der Waals surface area (Å²) in [5.74, 6) is 0.298. The fourth-order valence-corrected chi connectivity index (χ4v) is 2.83. The van der Waals surface area contributed by atoms with Crippen molar-refractivity contribution in [3.63, 3.8) is 0 Å². The summed E-state index contributed by atoms with van der Waals surface area (Å²) in [7, 11) is 0. The van der Waals surface area contributed by atoms with E-state index in [1.807, 2.05) is 91.0 Å². The fourth-order valence-electron chi connectivity index (χ4n) is 2.47. The van der Waals surface area contributed by atoms with Gasteiger partial charge in [-0.05, 0) is 50.8 Å². The molecule has 3 rings (SSSR count). The van der Waals surface area contributed by atoms with Crippen molar-refractivity contribution < 1.29 is 9.53 Å². The number of rotatable bonds is 7. The van der Waals surface area contributed by atoms with E-state index in [4.69, 9.17) is 4.74 Å². The summed E-state index contributed by atoms with van der Waals surface area (Å²) in [5, 5.41) is 3.91. The number of allylic oxidation sites excluding steroid dienone is 1. The number of halogens is 1. The quantitative estimate of drug-likeness (QED) is 0.406. The van der Waals surface area contributed by atoms with Gasteiger partial charge in [-0.15, -0.1) is 0 Å². The van der Waals surface area contributed by atoms with E-state index < -0.39 is 0 Å². The zero-order chi connectivity index (χ0) is 19.6. The first kappa shape index (κ1) is 19.6. The van der Waals surface area contributed by atoms with Crippen LogP contribution in [0.15, 0.2) is 94.5 Å². The third-order valence-corrected chi connectivity index (χ3v) is 4.25. The van der Waals surface area contributed by atoms with Gasteiger partial charge < -0.3 is 4.74 Å². The largest absolute Gasteiger partial charge is 0.484 e. The van der Waals surface area contributed by atoms with Crippen LogP contribution >= 0.6 is 15.9 Å². The third kappa shape index (κ3) is 6.21. The van der Waals surface area contributed by atoms with Crippen molar-refractivity contribution in [1.29, 1.82) is 0 Å². The lowest BCUT2D eigenvalue weighted by atomic mass is 10.1. The molecule has 4 nitrogen and oxygen atoms in total. The van der Waals surface area contributed by atoms with Crippen molar-refractivity contribution in [2.45, 2.75) is 0 Å². The van der Waals surface area contributed by atoms with Crippen LogP contribution in [0.1, 0.15) is 5.56 Å². The van der Waals surface area contributed by atoms with Gasteiger partial charge in [0.15, 0.2) is 6.61 Å². The van der Waals surface area contributed by atoms with Gasteiger partial charge in [-0.3, -0.25) is 4.79 Å². The molecule has 3 aromatic rings. The second-order valence-electron chi connectivity index (χ2n) is 5.91. The maximum absolute atomic E-state index is 11.9. The Morgan fingerprint density at radius 1 is 0.893 bits per heavy atom. The first-order chi connectivity index (χ1) is 13.7. The second-order valence-corrected chi connectivity index (χ2v) is 6.83. The minimum absolute atomic E-state index is 0.109. The smallest absolute Gasteiger partial charge is 0.277 e. The normalized spacial score (nSPS) is 11.4. The lowest BCUT2D eigenvalue weighted by Crippen LogP contribution is -2.24. The van der Waals surface area contributed by atoms with Crippen LogP contribution in [-0.2, 0) is 4.79 Å². The van der Waals surface area contributed by atoms with Crippen molar-refractivity contribution in [3.05, 3.63) is 95.0 Å². The van der Waals surface area contributed by atoms with Gasteiger partial charge in [-0.1, -0.05) is 72.8 Å². The monoisotopic (exact) mass is 434 g/mol. The van der Waals surface area contributed by atoms with Crippen LogP contribution in [0, 0.1) is 0 Å². The molecule has 0 saturated heterocycles. The number of carbonyl (C=O) groups is 1. The highest BCUT2D eigenvalue weighted by Gasteiger charge is 2.02. The van der Waals surface area contributed by atoms with Crippen molar-refractivity contribution in [2.75, 3.05) is 6.61 Å². The Morgan fingerprint density at radius 3 is 2.18 bits per heavy atom. The number of carbonyl (C=O) groups excluding carboxylic acids is 1. The highest BCUT2D eigenvalue weighted by atomic mass is 79.9. The lowest BCUT2D eigenvalue weighted by Gasteiger charge is -2.06. The molecule has 0 radical (unpaired) electrons. The van der Waals surface area contributed by atoms with E-state index in [1.165, 1.54) is 6.21 Å². The summed E-state index contributed by atoms with van der Waals surface area (Å²) >= 11 is 3.40. The molecule has 140 valence electrons. The Balaban J connectivity index is 1.46. The molecule has 3 aromatic carbocycles. The highest BCUT2D eigenvalue weighted by Crippen LogP contribution is 2.21. The van der Waals surface area contributed by atoms with Gasteiger partial charge >= 0.3 is 0 Å². The third-order valence-electron chi connectivity index (χ3n) is 3.81. The number of amides is 1. The first-order valence-electron chi connectivity index (χ1n) is 8.73. The standard InChI is InChI=1S/C23H19BrN2O2/c24-21(15-18-7-3-1-4-8-18)16-25-26-23(27)17-28-22-13-11-20(12-14-22)19-9-5-2-6-10-19/h1-16H,17H2,(H,26,27)/b21-15-,25-16-. The number of ether oxygens (including phenoxy) is 1. The van der Waals surface area contributed by atoms with E-state index in [9.17, 15) is 4.79 Å². The van der Waals surface area contributed by atoms with E-state index >= 15 is 0 Å². The molecule has 0 saturated carbocycles.